The molecule has 0 aliphatic rings. The standard InChI is InChI=1S/C11H13BrN4O2/c1-3-16-6-13-4-8(16)10-14-7(5-18-2)9(12)11(17)15-10/h4,6H,3,5H2,1-2H3,(H,14,15,17). The van der Waals surface area contributed by atoms with Crippen molar-refractivity contribution in [2.24, 2.45) is 0 Å². The summed E-state index contributed by atoms with van der Waals surface area (Å²) >= 11 is 3.21. The van der Waals surface area contributed by atoms with E-state index in [0.717, 1.165) is 12.2 Å². The maximum Gasteiger partial charge on any atom is 0.265 e. The SMILES string of the molecule is CCn1cncc1-c1nc(COC)c(Br)c(=O)[nH]1. The van der Waals surface area contributed by atoms with Gasteiger partial charge in [-0.05, 0) is 22.9 Å². The lowest BCUT2D eigenvalue weighted by Crippen LogP contribution is -2.15. The molecule has 2 rings (SSSR count). The van der Waals surface area contributed by atoms with Crippen LogP contribution in [0, 0.1) is 0 Å². The van der Waals surface area contributed by atoms with Crippen LogP contribution in [-0.4, -0.2) is 26.6 Å². The fourth-order valence-electron chi connectivity index (χ4n) is 1.63. The molecule has 0 aliphatic carbocycles. The fraction of sp³-hybridized carbons (Fsp3) is 0.364. The van der Waals surface area contributed by atoms with Crippen LogP contribution in [0.1, 0.15) is 12.6 Å². The van der Waals surface area contributed by atoms with Crippen LogP contribution in [0.5, 0.6) is 0 Å². The van der Waals surface area contributed by atoms with Gasteiger partial charge in [0.2, 0.25) is 0 Å². The molecule has 96 valence electrons. The highest BCUT2D eigenvalue weighted by molar-refractivity contribution is 9.10. The lowest BCUT2D eigenvalue weighted by Gasteiger charge is -2.07. The summed E-state index contributed by atoms with van der Waals surface area (Å²) in [4.78, 5) is 23.0. The van der Waals surface area contributed by atoms with Gasteiger partial charge in [-0.15, -0.1) is 0 Å². The molecule has 0 aromatic carbocycles. The Balaban J connectivity index is 2.55. The van der Waals surface area contributed by atoms with E-state index in [1.54, 1.807) is 19.6 Å². The van der Waals surface area contributed by atoms with Crippen LogP contribution in [0.2, 0.25) is 0 Å². The second kappa shape index (κ2) is 5.45. The number of nitrogens with one attached hydrogen (secondary N) is 1. The molecule has 0 amide bonds. The Labute approximate surface area is 112 Å². The number of aromatic amines is 1. The Hall–Kier alpha value is -1.47. The number of H-pyrrole nitrogens is 1. The second-order valence-corrected chi connectivity index (χ2v) is 4.47. The number of nitrogens with zero attached hydrogens (tertiary/aromatic N) is 3. The van der Waals surface area contributed by atoms with Crippen molar-refractivity contribution in [1.82, 2.24) is 19.5 Å². The molecular formula is C11H13BrN4O2. The van der Waals surface area contributed by atoms with Gasteiger partial charge in [0, 0.05) is 13.7 Å². The number of methoxy groups -OCH3 is 1. The molecule has 0 saturated heterocycles. The molecule has 0 spiro atoms. The van der Waals surface area contributed by atoms with E-state index in [9.17, 15) is 4.79 Å². The minimum absolute atomic E-state index is 0.226. The highest BCUT2D eigenvalue weighted by Gasteiger charge is 2.12. The number of aromatic nitrogens is 4. The Morgan fingerprint density at radius 2 is 2.33 bits per heavy atom. The van der Waals surface area contributed by atoms with Gasteiger partial charge in [0.15, 0.2) is 5.82 Å². The minimum Gasteiger partial charge on any atom is -0.378 e. The highest BCUT2D eigenvalue weighted by atomic mass is 79.9. The normalized spacial score (nSPS) is 10.8. The first-order chi connectivity index (χ1) is 8.67. The zero-order valence-electron chi connectivity index (χ0n) is 10.1. The Bertz CT molecular complexity index is 605. The lowest BCUT2D eigenvalue weighted by molar-refractivity contribution is 0.180. The summed E-state index contributed by atoms with van der Waals surface area (Å²) in [5.74, 6) is 0.495. The van der Waals surface area contributed by atoms with E-state index in [1.165, 1.54) is 0 Å². The maximum absolute atomic E-state index is 11.8. The highest BCUT2D eigenvalue weighted by Crippen LogP contribution is 2.17. The summed E-state index contributed by atoms with van der Waals surface area (Å²) in [6.07, 6.45) is 3.37. The predicted octanol–water partition coefficient (Wildman–Crippen LogP) is 1.56. The van der Waals surface area contributed by atoms with Crippen molar-refractivity contribution >= 4 is 15.9 Å². The monoisotopic (exact) mass is 312 g/mol. The molecule has 0 bridgehead atoms. The van der Waals surface area contributed by atoms with Crippen LogP contribution in [-0.2, 0) is 17.9 Å². The smallest absolute Gasteiger partial charge is 0.265 e. The van der Waals surface area contributed by atoms with E-state index in [2.05, 4.69) is 30.9 Å². The maximum atomic E-state index is 11.8. The summed E-state index contributed by atoms with van der Waals surface area (Å²) in [5.41, 5.74) is 1.12. The van der Waals surface area contributed by atoms with Crippen LogP contribution in [0.25, 0.3) is 11.5 Å². The average Bonchev–Trinajstić information content (AvgIpc) is 2.83. The van der Waals surface area contributed by atoms with Gasteiger partial charge >= 0.3 is 0 Å². The quantitative estimate of drug-likeness (QED) is 0.930. The van der Waals surface area contributed by atoms with Crippen molar-refractivity contribution in [3.8, 4) is 11.5 Å². The number of aryl methyl sites for hydroxylation is 1. The first kappa shape index (κ1) is 13.0. The summed E-state index contributed by atoms with van der Waals surface area (Å²) in [6, 6.07) is 0. The molecule has 6 nitrogen and oxygen atoms in total. The molecular weight excluding hydrogens is 300 g/mol. The topological polar surface area (TPSA) is 72.8 Å². The van der Waals surface area contributed by atoms with Gasteiger partial charge in [0.1, 0.15) is 10.2 Å². The van der Waals surface area contributed by atoms with Gasteiger partial charge in [0.25, 0.3) is 5.56 Å². The van der Waals surface area contributed by atoms with E-state index in [1.807, 2.05) is 11.5 Å². The third kappa shape index (κ3) is 2.37. The molecule has 2 heterocycles. The van der Waals surface area contributed by atoms with Gasteiger partial charge in [0.05, 0.1) is 24.8 Å². The van der Waals surface area contributed by atoms with E-state index < -0.39 is 0 Å². The molecule has 1 N–H and O–H groups in total. The fourth-order valence-corrected chi connectivity index (χ4v) is 1.93. The zero-order chi connectivity index (χ0) is 13.1. The number of imidazole rings is 1. The summed E-state index contributed by atoms with van der Waals surface area (Å²) < 4.78 is 7.33. The van der Waals surface area contributed by atoms with Gasteiger partial charge < -0.3 is 14.3 Å². The Morgan fingerprint density at radius 3 is 3.00 bits per heavy atom. The van der Waals surface area contributed by atoms with Crippen LogP contribution >= 0.6 is 15.9 Å². The number of hydrogen-bond donors (Lipinski definition) is 1. The van der Waals surface area contributed by atoms with Crippen LogP contribution < -0.4 is 5.56 Å². The molecule has 0 aliphatic heterocycles. The van der Waals surface area contributed by atoms with Gasteiger partial charge in [-0.3, -0.25) is 4.79 Å². The average molecular weight is 313 g/mol. The molecule has 2 aromatic rings. The number of ether oxygens (including phenoxy) is 1. The second-order valence-electron chi connectivity index (χ2n) is 3.67. The van der Waals surface area contributed by atoms with Gasteiger partial charge in [-0.2, -0.15) is 0 Å². The molecule has 7 heteroatoms. The zero-order valence-corrected chi connectivity index (χ0v) is 11.7. The van der Waals surface area contributed by atoms with Crippen molar-refractivity contribution in [3.63, 3.8) is 0 Å². The molecule has 0 saturated carbocycles. The molecule has 0 unspecified atom stereocenters. The number of halogens is 1. The van der Waals surface area contributed by atoms with Crippen molar-refractivity contribution in [2.45, 2.75) is 20.1 Å². The Morgan fingerprint density at radius 1 is 1.56 bits per heavy atom. The summed E-state index contributed by atoms with van der Waals surface area (Å²) in [6.45, 7) is 3.03. The van der Waals surface area contributed by atoms with Crippen molar-refractivity contribution < 1.29 is 4.74 Å². The predicted molar refractivity (Wildman–Crippen MR) is 70.2 cm³/mol. The molecule has 0 fully saturated rings. The molecule has 18 heavy (non-hydrogen) atoms. The van der Waals surface area contributed by atoms with Crippen LogP contribution in [0.4, 0.5) is 0 Å². The van der Waals surface area contributed by atoms with Gasteiger partial charge in [-0.25, -0.2) is 9.97 Å². The largest absolute Gasteiger partial charge is 0.378 e. The summed E-state index contributed by atoms with van der Waals surface area (Å²) in [5, 5.41) is 0. The number of rotatable bonds is 4. The third-order valence-corrected chi connectivity index (χ3v) is 3.33. The van der Waals surface area contributed by atoms with E-state index in [0.29, 0.717) is 16.0 Å². The first-order valence-corrected chi connectivity index (χ1v) is 6.24. The van der Waals surface area contributed by atoms with E-state index >= 15 is 0 Å². The number of hydrogen-bond acceptors (Lipinski definition) is 4. The summed E-state index contributed by atoms with van der Waals surface area (Å²) in [7, 11) is 1.56. The lowest BCUT2D eigenvalue weighted by atomic mass is 10.3. The third-order valence-electron chi connectivity index (χ3n) is 2.51. The molecule has 0 radical (unpaired) electrons. The van der Waals surface area contributed by atoms with Crippen LogP contribution in [0.3, 0.4) is 0 Å². The first-order valence-electron chi connectivity index (χ1n) is 5.45. The minimum atomic E-state index is -0.226. The van der Waals surface area contributed by atoms with Gasteiger partial charge in [-0.1, -0.05) is 0 Å². The van der Waals surface area contributed by atoms with Crippen molar-refractivity contribution in [2.75, 3.05) is 7.11 Å². The molecule has 0 atom stereocenters. The molecule has 2 aromatic heterocycles. The Kier molecular flexibility index (Phi) is 3.93. The van der Waals surface area contributed by atoms with Crippen molar-refractivity contribution in [3.05, 3.63) is 33.0 Å². The van der Waals surface area contributed by atoms with Crippen LogP contribution in [0.15, 0.2) is 21.8 Å². The van der Waals surface area contributed by atoms with E-state index in [-0.39, 0.29) is 12.2 Å². The van der Waals surface area contributed by atoms with Crippen molar-refractivity contribution in [1.29, 1.82) is 0 Å². The van der Waals surface area contributed by atoms with E-state index in [4.69, 9.17) is 4.74 Å².